The molecule has 1 N–H and O–H groups in total. The highest BCUT2D eigenvalue weighted by molar-refractivity contribution is 6.25. The smallest absolute Gasteiger partial charge is 0.306 e. The molecule has 1 rings (SSSR count). The molecule has 1 heterocycles. The van der Waals surface area contributed by atoms with Gasteiger partial charge < -0.3 is 9.84 Å². The Kier molecular flexibility index (Phi) is 5.08. The van der Waals surface area contributed by atoms with Crippen molar-refractivity contribution in [3.05, 3.63) is 11.1 Å². The van der Waals surface area contributed by atoms with E-state index in [1.165, 1.54) is 0 Å². The summed E-state index contributed by atoms with van der Waals surface area (Å²) in [4.78, 5) is 12.7. The molecule has 0 amide bonds. The largest absolute Gasteiger partial charge is 0.481 e. The van der Waals surface area contributed by atoms with Gasteiger partial charge in [0.25, 0.3) is 0 Å². The Morgan fingerprint density at radius 2 is 2.47 bits per heavy atom. The SMILES string of the molecule is CC(=CCl)CN1CCOC(CC(=O)O)C1. The van der Waals surface area contributed by atoms with Crippen LogP contribution in [0.3, 0.4) is 0 Å². The highest BCUT2D eigenvalue weighted by Gasteiger charge is 2.22. The van der Waals surface area contributed by atoms with Gasteiger partial charge >= 0.3 is 5.97 Å². The molecule has 0 aromatic rings. The zero-order valence-corrected chi connectivity index (χ0v) is 9.54. The molecule has 1 saturated heterocycles. The molecule has 0 aromatic carbocycles. The minimum Gasteiger partial charge on any atom is -0.481 e. The van der Waals surface area contributed by atoms with Crippen LogP contribution in [-0.2, 0) is 9.53 Å². The third kappa shape index (κ3) is 4.64. The van der Waals surface area contributed by atoms with Gasteiger partial charge in [0.15, 0.2) is 0 Å². The second-order valence-corrected chi connectivity index (χ2v) is 4.00. The van der Waals surface area contributed by atoms with Gasteiger partial charge in [-0.2, -0.15) is 0 Å². The maximum Gasteiger partial charge on any atom is 0.306 e. The number of nitrogens with zero attached hydrogens (tertiary/aromatic N) is 1. The van der Waals surface area contributed by atoms with E-state index >= 15 is 0 Å². The van der Waals surface area contributed by atoms with Crippen LogP contribution in [0.5, 0.6) is 0 Å². The maximum atomic E-state index is 10.5. The van der Waals surface area contributed by atoms with Crippen molar-refractivity contribution in [3.8, 4) is 0 Å². The molecule has 1 atom stereocenters. The average Bonchev–Trinajstić information content (AvgIpc) is 2.17. The van der Waals surface area contributed by atoms with Gasteiger partial charge in [-0.1, -0.05) is 11.6 Å². The fraction of sp³-hybridized carbons (Fsp3) is 0.700. The molecule has 1 fully saturated rings. The second-order valence-electron chi connectivity index (χ2n) is 3.78. The van der Waals surface area contributed by atoms with Gasteiger partial charge in [-0.25, -0.2) is 0 Å². The molecular formula is C10H16ClNO3. The summed E-state index contributed by atoms with van der Waals surface area (Å²) in [6.07, 6.45) is -0.125. The van der Waals surface area contributed by atoms with Gasteiger partial charge in [-0.05, 0) is 12.5 Å². The molecule has 0 saturated carbocycles. The normalized spacial score (nSPS) is 24.1. The van der Waals surface area contributed by atoms with Crippen LogP contribution in [0.15, 0.2) is 11.1 Å². The van der Waals surface area contributed by atoms with Crippen LogP contribution in [0.25, 0.3) is 0 Å². The van der Waals surface area contributed by atoms with Crippen molar-refractivity contribution in [3.63, 3.8) is 0 Å². The first-order valence-corrected chi connectivity index (χ1v) is 5.37. The third-order valence-corrected chi connectivity index (χ3v) is 2.66. The maximum absolute atomic E-state index is 10.5. The minimum atomic E-state index is -0.813. The zero-order valence-electron chi connectivity index (χ0n) is 8.78. The van der Waals surface area contributed by atoms with Crippen molar-refractivity contribution in [2.45, 2.75) is 19.4 Å². The first kappa shape index (κ1) is 12.5. The van der Waals surface area contributed by atoms with Gasteiger partial charge in [-0.3, -0.25) is 9.69 Å². The number of morpholine rings is 1. The summed E-state index contributed by atoms with van der Waals surface area (Å²) in [5.41, 5.74) is 2.63. The lowest BCUT2D eigenvalue weighted by Gasteiger charge is -2.32. The summed E-state index contributed by atoms with van der Waals surface area (Å²) >= 11 is 5.58. The van der Waals surface area contributed by atoms with Gasteiger partial charge in [0.2, 0.25) is 0 Å². The van der Waals surface area contributed by atoms with E-state index in [0.29, 0.717) is 13.2 Å². The Hall–Kier alpha value is -0.580. The fourth-order valence-electron chi connectivity index (χ4n) is 1.63. The highest BCUT2D eigenvalue weighted by Crippen LogP contribution is 2.10. The van der Waals surface area contributed by atoms with Crippen LogP contribution in [0, 0.1) is 0 Å². The number of halogens is 1. The van der Waals surface area contributed by atoms with Crippen molar-refractivity contribution in [1.29, 1.82) is 0 Å². The van der Waals surface area contributed by atoms with Crippen molar-refractivity contribution in [2.75, 3.05) is 26.2 Å². The number of hydrogen-bond acceptors (Lipinski definition) is 3. The Morgan fingerprint density at radius 1 is 1.73 bits per heavy atom. The third-order valence-electron chi connectivity index (χ3n) is 2.28. The molecule has 0 radical (unpaired) electrons. The second kappa shape index (κ2) is 6.10. The summed E-state index contributed by atoms with van der Waals surface area (Å²) in [6.45, 7) is 4.82. The van der Waals surface area contributed by atoms with Crippen LogP contribution in [0.1, 0.15) is 13.3 Å². The molecule has 15 heavy (non-hydrogen) atoms. The number of rotatable bonds is 4. The number of carboxylic acids is 1. The molecule has 1 aliphatic rings. The van der Waals surface area contributed by atoms with E-state index in [0.717, 1.165) is 18.7 Å². The van der Waals surface area contributed by atoms with Crippen LogP contribution < -0.4 is 0 Å². The number of aliphatic carboxylic acids is 1. The monoisotopic (exact) mass is 233 g/mol. The fourth-order valence-corrected chi connectivity index (χ4v) is 1.70. The summed E-state index contributed by atoms with van der Waals surface area (Å²) in [5.74, 6) is -0.813. The molecule has 86 valence electrons. The van der Waals surface area contributed by atoms with Crippen molar-refractivity contribution < 1.29 is 14.6 Å². The number of ether oxygens (including phenoxy) is 1. The van der Waals surface area contributed by atoms with E-state index in [1.807, 2.05) is 6.92 Å². The molecule has 0 spiro atoms. The van der Waals surface area contributed by atoms with Crippen LogP contribution in [0.2, 0.25) is 0 Å². The number of hydrogen-bond donors (Lipinski definition) is 1. The van der Waals surface area contributed by atoms with E-state index in [4.69, 9.17) is 21.4 Å². The van der Waals surface area contributed by atoms with E-state index < -0.39 is 5.97 Å². The number of carbonyl (C=O) groups is 1. The molecule has 0 aromatic heterocycles. The van der Waals surface area contributed by atoms with Gasteiger partial charge in [-0.15, -0.1) is 0 Å². The first-order valence-electron chi connectivity index (χ1n) is 4.93. The molecule has 1 aliphatic heterocycles. The van der Waals surface area contributed by atoms with Crippen LogP contribution >= 0.6 is 11.6 Å². The lowest BCUT2D eigenvalue weighted by atomic mass is 10.2. The van der Waals surface area contributed by atoms with Crippen molar-refractivity contribution in [1.82, 2.24) is 4.90 Å². The topological polar surface area (TPSA) is 49.8 Å². The van der Waals surface area contributed by atoms with Crippen molar-refractivity contribution >= 4 is 17.6 Å². The predicted molar refractivity (Wildman–Crippen MR) is 58.0 cm³/mol. The first-order chi connectivity index (χ1) is 7.11. The molecular weight excluding hydrogens is 218 g/mol. The zero-order chi connectivity index (χ0) is 11.3. The highest BCUT2D eigenvalue weighted by atomic mass is 35.5. The Morgan fingerprint density at radius 3 is 3.07 bits per heavy atom. The van der Waals surface area contributed by atoms with Gasteiger partial charge in [0.1, 0.15) is 0 Å². The van der Waals surface area contributed by atoms with E-state index in [1.54, 1.807) is 5.54 Å². The average molecular weight is 234 g/mol. The Bertz CT molecular complexity index is 255. The Balaban J connectivity index is 2.38. The molecule has 0 bridgehead atoms. The summed E-state index contributed by atoms with van der Waals surface area (Å²) in [7, 11) is 0. The van der Waals surface area contributed by atoms with Crippen molar-refractivity contribution in [2.24, 2.45) is 0 Å². The lowest BCUT2D eigenvalue weighted by Crippen LogP contribution is -2.43. The van der Waals surface area contributed by atoms with E-state index in [9.17, 15) is 4.79 Å². The van der Waals surface area contributed by atoms with Crippen LogP contribution in [-0.4, -0.2) is 48.3 Å². The molecule has 0 aliphatic carbocycles. The van der Waals surface area contributed by atoms with E-state index in [-0.39, 0.29) is 12.5 Å². The molecule has 5 heteroatoms. The number of carboxylic acid groups (broad SMARTS) is 1. The molecule has 4 nitrogen and oxygen atoms in total. The summed E-state index contributed by atoms with van der Waals surface area (Å²) < 4.78 is 5.36. The summed E-state index contributed by atoms with van der Waals surface area (Å²) in [5, 5.41) is 8.65. The summed E-state index contributed by atoms with van der Waals surface area (Å²) in [6, 6.07) is 0. The standard InChI is InChI=1S/C10H16ClNO3/c1-8(5-11)6-12-2-3-15-9(7-12)4-10(13)14/h5,9H,2-4,6-7H2,1H3,(H,13,14). The minimum absolute atomic E-state index is 0.0696. The lowest BCUT2D eigenvalue weighted by molar-refractivity contribution is -0.142. The van der Waals surface area contributed by atoms with Crippen LogP contribution in [0.4, 0.5) is 0 Å². The van der Waals surface area contributed by atoms with E-state index in [2.05, 4.69) is 4.90 Å². The Labute approximate surface area is 94.5 Å². The van der Waals surface area contributed by atoms with Gasteiger partial charge in [0.05, 0.1) is 19.1 Å². The quantitative estimate of drug-likeness (QED) is 0.796. The predicted octanol–water partition coefficient (Wildman–Crippen LogP) is 1.30. The van der Waals surface area contributed by atoms with Gasteiger partial charge in [0, 0.05) is 25.2 Å². The molecule has 1 unspecified atom stereocenters.